The van der Waals surface area contributed by atoms with Crippen LogP contribution in [0.1, 0.15) is 15.9 Å². The molecule has 0 bridgehead atoms. The number of nitro benzene ring substituents is 1. The van der Waals surface area contributed by atoms with Crippen molar-refractivity contribution in [1.29, 1.82) is 0 Å². The van der Waals surface area contributed by atoms with Gasteiger partial charge in [0, 0.05) is 21.7 Å². The minimum Gasteiger partial charge on any atom is -0.495 e. The van der Waals surface area contributed by atoms with Gasteiger partial charge in [0.15, 0.2) is 0 Å². The van der Waals surface area contributed by atoms with Crippen LogP contribution >= 0.6 is 15.9 Å². The van der Waals surface area contributed by atoms with Crippen LogP contribution in [0.15, 0.2) is 40.9 Å². The molecule has 0 heterocycles. The van der Waals surface area contributed by atoms with Crippen molar-refractivity contribution in [3.63, 3.8) is 0 Å². The lowest BCUT2D eigenvalue weighted by Gasteiger charge is -2.11. The third-order valence-electron chi connectivity index (χ3n) is 3.16. The summed E-state index contributed by atoms with van der Waals surface area (Å²) < 4.78 is 5.96. The van der Waals surface area contributed by atoms with E-state index in [1.54, 1.807) is 31.2 Å². The number of nitro groups is 1. The van der Waals surface area contributed by atoms with E-state index in [-0.39, 0.29) is 11.3 Å². The quantitative estimate of drug-likeness (QED) is 0.658. The number of anilines is 1. The topological polar surface area (TPSA) is 81.5 Å². The Hall–Kier alpha value is -2.41. The molecule has 0 saturated carbocycles. The first-order valence-corrected chi connectivity index (χ1v) is 7.12. The van der Waals surface area contributed by atoms with E-state index in [1.807, 2.05) is 0 Å². The summed E-state index contributed by atoms with van der Waals surface area (Å²) in [5.41, 5.74) is 0.955. The molecule has 2 aromatic carbocycles. The minimum absolute atomic E-state index is 0.0890. The highest BCUT2D eigenvalue weighted by molar-refractivity contribution is 9.10. The Labute approximate surface area is 135 Å². The monoisotopic (exact) mass is 364 g/mol. The summed E-state index contributed by atoms with van der Waals surface area (Å²) in [6.45, 7) is 1.55. The average molecular weight is 365 g/mol. The van der Waals surface area contributed by atoms with Crippen LogP contribution in [-0.2, 0) is 0 Å². The number of rotatable bonds is 4. The van der Waals surface area contributed by atoms with Crippen LogP contribution < -0.4 is 10.1 Å². The first-order valence-electron chi connectivity index (χ1n) is 6.33. The summed E-state index contributed by atoms with van der Waals surface area (Å²) in [6.07, 6.45) is 0. The number of carbonyl (C=O) groups is 1. The lowest BCUT2D eigenvalue weighted by atomic mass is 10.1. The molecule has 2 rings (SSSR count). The van der Waals surface area contributed by atoms with Crippen molar-refractivity contribution in [2.24, 2.45) is 0 Å². The minimum atomic E-state index is -0.508. The highest BCUT2D eigenvalue weighted by Gasteiger charge is 2.19. The van der Waals surface area contributed by atoms with E-state index >= 15 is 0 Å². The third kappa shape index (κ3) is 3.25. The lowest BCUT2D eigenvalue weighted by molar-refractivity contribution is -0.385. The highest BCUT2D eigenvalue weighted by atomic mass is 79.9. The van der Waals surface area contributed by atoms with Gasteiger partial charge in [-0.05, 0) is 31.2 Å². The van der Waals surface area contributed by atoms with Gasteiger partial charge in [-0.3, -0.25) is 14.9 Å². The fourth-order valence-corrected chi connectivity index (χ4v) is 2.40. The molecule has 2 aromatic rings. The van der Waals surface area contributed by atoms with Crippen LogP contribution in [0.2, 0.25) is 0 Å². The second-order valence-electron chi connectivity index (χ2n) is 4.51. The molecule has 22 heavy (non-hydrogen) atoms. The predicted molar refractivity (Wildman–Crippen MR) is 86.5 cm³/mol. The largest absolute Gasteiger partial charge is 0.495 e. The van der Waals surface area contributed by atoms with Crippen LogP contribution in [0.3, 0.4) is 0 Å². The zero-order chi connectivity index (χ0) is 16.3. The molecule has 0 saturated heterocycles. The number of amides is 1. The van der Waals surface area contributed by atoms with Crippen molar-refractivity contribution < 1.29 is 14.5 Å². The third-order valence-corrected chi connectivity index (χ3v) is 3.65. The second kappa shape index (κ2) is 6.57. The molecule has 0 fully saturated rings. The van der Waals surface area contributed by atoms with Gasteiger partial charge in [0.2, 0.25) is 0 Å². The molecule has 7 heteroatoms. The van der Waals surface area contributed by atoms with E-state index in [0.29, 0.717) is 17.0 Å². The van der Waals surface area contributed by atoms with E-state index in [9.17, 15) is 14.9 Å². The fourth-order valence-electron chi connectivity index (χ4n) is 2.03. The van der Waals surface area contributed by atoms with E-state index < -0.39 is 10.8 Å². The van der Waals surface area contributed by atoms with Crippen molar-refractivity contribution in [3.05, 3.63) is 62.1 Å². The Morgan fingerprint density at radius 1 is 1.32 bits per heavy atom. The van der Waals surface area contributed by atoms with Crippen LogP contribution in [0.5, 0.6) is 5.75 Å². The zero-order valence-electron chi connectivity index (χ0n) is 11.9. The Kier molecular flexibility index (Phi) is 4.77. The molecule has 1 amide bonds. The molecule has 0 aliphatic rings. The number of halogens is 1. The summed E-state index contributed by atoms with van der Waals surface area (Å²) in [7, 11) is 1.50. The normalized spacial score (nSPS) is 10.1. The van der Waals surface area contributed by atoms with Gasteiger partial charge < -0.3 is 10.1 Å². The van der Waals surface area contributed by atoms with Gasteiger partial charge in [0.05, 0.1) is 17.7 Å². The summed E-state index contributed by atoms with van der Waals surface area (Å²) in [5, 5.41) is 13.7. The van der Waals surface area contributed by atoms with E-state index in [2.05, 4.69) is 21.2 Å². The number of carbonyl (C=O) groups excluding carboxylic acids is 1. The Balaban J connectivity index is 2.36. The standard InChI is InChI=1S/C15H13BrN2O4/c1-9-11(4-3-5-13(9)18(20)21)15(19)17-12-8-10(16)6-7-14(12)22-2/h3-8H,1-2H3,(H,17,19). The smallest absolute Gasteiger partial charge is 0.273 e. The maximum Gasteiger partial charge on any atom is 0.273 e. The molecule has 0 aliphatic heterocycles. The lowest BCUT2D eigenvalue weighted by Crippen LogP contribution is -2.14. The molecule has 6 nitrogen and oxygen atoms in total. The summed E-state index contributed by atoms with van der Waals surface area (Å²) >= 11 is 3.32. The van der Waals surface area contributed by atoms with Gasteiger partial charge >= 0.3 is 0 Å². The van der Waals surface area contributed by atoms with Crippen molar-refractivity contribution in [2.75, 3.05) is 12.4 Å². The maximum atomic E-state index is 12.4. The molecular weight excluding hydrogens is 352 g/mol. The van der Waals surface area contributed by atoms with E-state index in [0.717, 1.165) is 4.47 Å². The average Bonchev–Trinajstić information content (AvgIpc) is 2.47. The molecule has 114 valence electrons. The molecule has 0 aromatic heterocycles. The second-order valence-corrected chi connectivity index (χ2v) is 5.42. The zero-order valence-corrected chi connectivity index (χ0v) is 13.5. The SMILES string of the molecule is COc1ccc(Br)cc1NC(=O)c1cccc([N+](=O)[O-])c1C. The van der Waals surface area contributed by atoms with Crippen molar-refractivity contribution >= 4 is 33.2 Å². The molecule has 0 radical (unpaired) electrons. The number of nitrogens with zero attached hydrogens (tertiary/aromatic N) is 1. The van der Waals surface area contributed by atoms with Gasteiger partial charge in [-0.15, -0.1) is 0 Å². The van der Waals surface area contributed by atoms with Crippen molar-refractivity contribution in [2.45, 2.75) is 6.92 Å². The molecule has 0 spiro atoms. The summed E-state index contributed by atoms with van der Waals surface area (Å²) in [4.78, 5) is 22.8. The predicted octanol–water partition coefficient (Wildman–Crippen LogP) is 3.93. The number of benzene rings is 2. The molecule has 0 aliphatic carbocycles. The first-order chi connectivity index (χ1) is 10.4. The number of hydrogen-bond donors (Lipinski definition) is 1. The van der Waals surface area contributed by atoms with Crippen LogP contribution in [0, 0.1) is 17.0 Å². The van der Waals surface area contributed by atoms with Crippen molar-refractivity contribution in [3.8, 4) is 5.75 Å². The number of methoxy groups -OCH3 is 1. The number of ether oxygens (including phenoxy) is 1. The number of nitrogens with one attached hydrogen (secondary N) is 1. The van der Waals surface area contributed by atoms with Crippen LogP contribution in [0.4, 0.5) is 11.4 Å². The van der Waals surface area contributed by atoms with E-state index in [4.69, 9.17) is 4.74 Å². The van der Waals surface area contributed by atoms with Gasteiger partial charge in [-0.25, -0.2) is 0 Å². The van der Waals surface area contributed by atoms with Gasteiger partial charge in [0.1, 0.15) is 5.75 Å². The summed E-state index contributed by atoms with van der Waals surface area (Å²) in [6, 6.07) is 9.59. The molecule has 1 N–H and O–H groups in total. The van der Waals surface area contributed by atoms with Crippen molar-refractivity contribution in [1.82, 2.24) is 0 Å². The van der Waals surface area contributed by atoms with E-state index in [1.165, 1.54) is 19.2 Å². The Morgan fingerprint density at radius 2 is 2.05 bits per heavy atom. The molecule has 0 atom stereocenters. The number of hydrogen-bond acceptors (Lipinski definition) is 4. The van der Waals surface area contributed by atoms with Crippen LogP contribution in [-0.4, -0.2) is 17.9 Å². The first kappa shape index (κ1) is 16.0. The maximum absolute atomic E-state index is 12.4. The van der Waals surface area contributed by atoms with Crippen LogP contribution in [0.25, 0.3) is 0 Å². The fraction of sp³-hybridized carbons (Fsp3) is 0.133. The van der Waals surface area contributed by atoms with Gasteiger partial charge in [-0.2, -0.15) is 0 Å². The highest BCUT2D eigenvalue weighted by Crippen LogP contribution is 2.29. The molecular formula is C15H13BrN2O4. The van der Waals surface area contributed by atoms with Gasteiger partial charge in [0.25, 0.3) is 11.6 Å². The Bertz CT molecular complexity index is 746. The summed E-state index contributed by atoms with van der Waals surface area (Å²) in [5.74, 6) is 0.0669. The Morgan fingerprint density at radius 3 is 2.68 bits per heavy atom. The molecule has 0 unspecified atom stereocenters. The van der Waals surface area contributed by atoms with Gasteiger partial charge in [-0.1, -0.05) is 22.0 Å².